The summed E-state index contributed by atoms with van der Waals surface area (Å²) in [5.41, 5.74) is 4.66. The van der Waals surface area contributed by atoms with Crippen LogP contribution in [0.5, 0.6) is 0 Å². The lowest BCUT2D eigenvalue weighted by Crippen LogP contribution is -3.00. The molecule has 0 atom stereocenters. The number of hydrogen-bond donors (Lipinski definition) is 1. The minimum absolute atomic E-state index is 0. The van der Waals surface area contributed by atoms with Crippen molar-refractivity contribution < 1.29 is 28.6 Å². The third kappa shape index (κ3) is 4.58. The SMILES string of the molecule is CC1(C)CC(NCc2ccccc2)=CC(=[N+]2CCCC2)C1.[I-]. The van der Waals surface area contributed by atoms with Crippen molar-refractivity contribution in [3.05, 3.63) is 47.7 Å². The van der Waals surface area contributed by atoms with E-state index in [2.05, 4.69) is 60.1 Å². The highest BCUT2D eigenvalue weighted by molar-refractivity contribution is 5.92. The lowest BCUT2D eigenvalue weighted by Gasteiger charge is -2.30. The van der Waals surface area contributed by atoms with E-state index in [9.17, 15) is 0 Å². The van der Waals surface area contributed by atoms with Crippen LogP contribution in [0.3, 0.4) is 0 Å². The van der Waals surface area contributed by atoms with E-state index >= 15 is 0 Å². The Kier molecular flexibility index (Phi) is 6.07. The zero-order valence-corrected chi connectivity index (χ0v) is 15.9. The van der Waals surface area contributed by atoms with E-state index < -0.39 is 0 Å². The monoisotopic (exact) mass is 410 g/mol. The summed E-state index contributed by atoms with van der Waals surface area (Å²) in [6.07, 6.45) is 7.48. The molecule has 1 heterocycles. The van der Waals surface area contributed by atoms with Crippen molar-refractivity contribution in [1.82, 2.24) is 5.32 Å². The Labute approximate surface area is 151 Å². The first-order valence-corrected chi connectivity index (χ1v) is 8.22. The van der Waals surface area contributed by atoms with Gasteiger partial charge < -0.3 is 29.3 Å². The Morgan fingerprint density at radius 2 is 1.73 bits per heavy atom. The van der Waals surface area contributed by atoms with Crippen molar-refractivity contribution in [1.29, 1.82) is 0 Å². The first kappa shape index (κ1) is 17.5. The molecule has 1 aliphatic carbocycles. The van der Waals surface area contributed by atoms with Gasteiger partial charge in [0.1, 0.15) is 13.1 Å². The van der Waals surface area contributed by atoms with Crippen LogP contribution in [-0.4, -0.2) is 23.4 Å². The van der Waals surface area contributed by atoms with E-state index in [-0.39, 0.29) is 24.0 Å². The van der Waals surface area contributed by atoms with Gasteiger partial charge in [0.15, 0.2) is 5.71 Å². The number of rotatable bonds is 3. The van der Waals surface area contributed by atoms with Gasteiger partial charge in [-0.05, 0) is 17.4 Å². The van der Waals surface area contributed by atoms with Crippen molar-refractivity contribution in [2.45, 2.75) is 46.1 Å². The first-order valence-electron chi connectivity index (χ1n) is 8.22. The molecular formula is C19H27IN2. The van der Waals surface area contributed by atoms with Crippen LogP contribution in [-0.2, 0) is 6.54 Å². The first-order chi connectivity index (χ1) is 10.1. The molecule has 0 saturated carbocycles. The summed E-state index contributed by atoms with van der Waals surface area (Å²) in [5, 5.41) is 3.66. The van der Waals surface area contributed by atoms with E-state index in [1.165, 1.54) is 43.6 Å². The molecule has 3 heteroatoms. The van der Waals surface area contributed by atoms with Gasteiger partial charge in [-0.25, -0.2) is 4.58 Å². The van der Waals surface area contributed by atoms with Gasteiger partial charge in [-0.1, -0.05) is 44.2 Å². The number of benzene rings is 1. The Morgan fingerprint density at radius 1 is 1.05 bits per heavy atom. The predicted octanol–water partition coefficient (Wildman–Crippen LogP) is 0.731. The average molecular weight is 410 g/mol. The number of hydrogen-bond acceptors (Lipinski definition) is 1. The molecule has 22 heavy (non-hydrogen) atoms. The molecule has 0 amide bonds. The third-order valence-electron chi connectivity index (χ3n) is 4.54. The fraction of sp³-hybridized carbons (Fsp3) is 0.526. The molecule has 1 aromatic rings. The molecule has 1 saturated heterocycles. The van der Waals surface area contributed by atoms with Gasteiger partial charge in [-0.15, -0.1) is 0 Å². The van der Waals surface area contributed by atoms with Gasteiger partial charge in [0, 0.05) is 37.6 Å². The summed E-state index contributed by atoms with van der Waals surface area (Å²) in [4.78, 5) is 0. The Morgan fingerprint density at radius 3 is 2.41 bits per heavy atom. The van der Waals surface area contributed by atoms with Crippen molar-refractivity contribution in [2.24, 2.45) is 5.41 Å². The Bertz CT molecular complexity index is 550. The van der Waals surface area contributed by atoms with Crippen LogP contribution in [0.25, 0.3) is 0 Å². The molecular weight excluding hydrogens is 383 g/mol. The van der Waals surface area contributed by atoms with Crippen LogP contribution >= 0.6 is 0 Å². The van der Waals surface area contributed by atoms with E-state index in [4.69, 9.17) is 0 Å². The summed E-state index contributed by atoms with van der Waals surface area (Å²) < 4.78 is 2.59. The molecule has 3 rings (SSSR count). The van der Waals surface area contributed by atoms with E-state index in [1.54, 1.807) is 5.71 Å². The van der Waals surface area contributed by atoms with Crippen molar-refractivity contribution in [2.75, 3.05) is 13.1 Å². The average Bonchev–Trinajstić information content (AvgIpc) is 2.99. The third-order valence-corrected chi connectivity index (χ3v) is 4.54. The fourth-order valence-electron chi connectivity index (χ4n) is 3.50. The zero-order chi connectivity index (χ0) is 14.7. The second-order valence-electron chi connectivity index (χ2n) is 7.21. The van der Waals surface area contributed by atoms with Crippen LogP contribution in [0, 0.1) is 5.41 Å². The van der Waals surface area contributed by atoms with Gasteiger partial charge in [0.05, 0.1) is 0 Å². The molecule has 0 aromatic heterocycles. The molecule has 0 spiro atoms. The van der Waals surface area contributed by atoms with Gasteiger partial charge in [0.2, 0.25) is 0 Å². The maximum Gasteiger partial charge on any atom is 0.178 e. The molecule has 0 bridgehead atoms. The topological polar surface area (TPSA) is 15.0 Å². The lowest BCUT2D eigenvalue weighted by atomic mass is 9.78. The summed E-state index contributed by atoms with van der Waals surface area (Å²) >= 11 is 0. The summed E-state index contributed by atoms with van der Waals surface area (Å²) in [5.74, 6) is 0. The highest BCUT2D eigenvalue weighted by Crippen LogP contribution is 2.33. The second kappa shape index (κ2) is 7.62. The van der Waals surface area contributed by atoms with Crippen molar-refractivity contribution >= 4 is 5.71 Å². The Balaban J connectivity index is 0.00000176. The van der Waals surface area contributed by atoms with Gasteiger partial charge >= 0.3 is 0 Å². The maximum atomic E-state index is 3.66. The number of nitrogens with one attached hydrogen (secondary N) is 1. The molecule has 120 valence electrons. The van der Waals surface area contributed by atoms with E-state index in [1.807, 2.05) is 0 Å². The van der Waals surface area contributed by atoms with Crippen LogP contribution in [0.15, 0.2) is 42.1 Å². The highest BCUT2D eigenvalue weighted by Gasteiger charge is 2.31. The van der Waals surface area contributed by atoms with Crippen molar-refractivity contribution in [3.63, 3.8) is 0 Å². The minimum Gasteiger partial charge on any atom is -1.00 e. The smallest absolute Gasteiger partial charge is 0.178 e. The molecule has 1 aliphatic heterocycles. The summed E-state index contributed by atoms with van der Waals surface area (Å²) in [6, 6.07) is 10.7. The quantitative estimate of drug-likeness (QED) is 0.574. The highest BCUT2D eigenvalue weighted by atomic mass is 127. The lowest BCUT2D eigenvalue weighted by molar-refractivity contribution is -0.507. The number of nitrogens with zero attached hydrogens (tertiary/aromatic N) is 1. The fourth-order valence-corrected chi connectivity index (χ4v) is 3.50. The number of allylic oxidation sites excluding steroid dienone is 2. The van der Waals surface area contributed by atoms with E-state index in [0.717, 1.165) is 13.0 Å². The minimum atomic E-state index is 0. The molecule has 2 aliphatic rings. The van der Waals surface area contributed by atoms with E-state index in [0.29, 0.717) is 5.41 Å². The standard InChI is InChI=1S/C19H26N2.HI/c1-19(2)13-17(20-15-16-8-4-3-5-9-16)12-18(14-19)21-10-6-7-11-21;/h3-5,8-9,12H,6-7,10-11,13-15H2,1-2H3;1H. The largest absolute Gasteiger partial charge is 1.00 e. The van der Waals surface area contributed by atoms with Gasteiger partial charge in [-0.3, -0.25) is 0 Å². The maximum absolute atomic E-state index is 3.66. The summed E-state index contributed by atoms with van der Waals surface area (Å²) in [7, 11) is 0. The van der Waals surface area contributed by atoms with Crippen molar-refractivity contribution in [3.8, 4) is 0 Å². The van der Waals surface area contributed by atoms with Crippen LogP contribution in [0.4, 0.5) is 0 Å². The van der Waals surface area contributed by atoms with Crippen LogP contribution in [0.1, 0.15) is 45.1 Å². The molecule has 1 fully saturated rings. The van der Waals surface area contributed by atoms with Crippen LogP contribution in [0.2, 0.25) is 0 Å². The number of halogens is 1. The van der Waals surface area contributed by atoms with Gasteiger partial charge in [0.25, 0.3) is 0 Å². The molecule has 1 N–H and O–H groups in total. The zero-order valence-electron chi connectivity index (χ0n) is 13.7. The Hall–Kier alpha value is -0.840. The molecule has 0 radical (unpaired) electrons. The van der Waals surface area contributed by atoms with Crippen LogP contribution < -0.4 is 29.3 Å². The molecule has 0 unspecified atom stereocenters. The molecule has 2 nitrogen and oxygen atoms in total. The second-order valence-corrected chi connectivity index (χ2v) is 7.21. The predicted molar refractivity (Wildman–Crippen MR) is 88.6 cm³/mol. The molecule has 1 aromatic carbocycles. The van der Waals surface area contributed by atoms with Gasteiger partial charge in [-0.2, -0.15) is 0 Å². The summed E-state index contributed by atoms with van der Waals surface area (Å²) in [6.45, 7) is 8.19. The normalized spacial score (nSPS) is 20.4.